The Morgan fingerprint density at radius 2 is 1.80 bits per heavy atom. The first kappa shape index (κ1) is 16.4. The molecule has 1 aromatic carbocycles. The minimum Gasteiger partial charge on any atom is -0.547 e. The maximum atomic E-state index is 12.1. The molecule has 1 unspecified atom stereocenters. The number of alkyl halides is 3. The van der Waals surface area contributed by atoms with Crippen LogP contribution >= 0.6 is 0 Å². The van der Waals surface area contributed by atoms with Crippen molar-refractivity contribution in [2.45, 2.75) is 24.5 Å². The van der Waals surface area contributed by atoms with E-state index in [-0.39, 0.29) is 6.42 Å². The molecule has 0 amide bonds. The summed E-state index contributed by atoms with van der Waals surface area (Å²) in [6, 6.07) is 8.23. The fraction of sp³-hybridized carbons (Fsp3) is 0.364. The molecule has 9 heteroatoms. The topological polar surface area (TPSA) is 83.5 Å². The third-order valence-corrected chi connectivity index (χ3v) is 3.38. The maximum absolute atomic E-state index is 12.1. The fourth-order valence-electron chi connectivity index (χ4n) is 1.36. The van der Waals surface area contributed by atoms with Crippen LogP contribution in [0.3, 0.4) is 0 Å². The number of rotatable bonds is 6. The van der Waals surface area contributed by atoms with E-state index < -0.39 is 34.1 Å². The van der Waals surface area contributed by atoms with Crippen molar-refractivity contribution in [2.75, 3.05) is 0 Å². The summed E-state index contributed by atoms with van der Waals surface area (Å²) in [5.74, 6) is -2.02. The highest BCUT2D eigenvalue weighted by Crippen LogP contribution is 2.26. The third-order valence-electron chi connectivity index (χ3n) is 2.33. The standard InChI is InChI=1S/C11H11F3O5S/c12-11(13,14)20(17,18)19-9(10(15)16)7-6-8-4-2-1-3-5-8/h1-5,9H,6-7H2,(H,15,16)/p-1. The second kappa shape index (κ2) is 6.23. The SMILES string of the molecule is O=C([O-])C(CCc1ccccc1)OS(=O)(=O)C(F)(F)F. The van der Waals surface area contributed by atoms with E-state index in [1.807, 2.05) is 0 Å². The lowest BCUT2D eigenvalue weighted by Gasteiger charge is -2.19. The zero-order valence-corrected chi connectivity index (χ0v) is 10.8. The fourth-order valence-corrected chi connectivity index (χ4v) is 1.94. The summed E-state index contributed by atoms with van der Waals surface area (Å²) in [6.07, 6.45) is -2.61. The van der Waals surface area contributed by atoms with Crippen molar-refractivity contribution in [1.82, 2.24) is 0 Å². The Bertz CT molecular complexity index is 553. The summed E-state index contributed by atoms with van der Waals surface area (Å²) in [5.41, 5.74) is -5.04. The van der Waals surface area contributed by atoms with Crippen LogP contribution in [0, 0.1) is 0 Å². The number of carbonyl (C=O) groups is 1. The van der Waals surface area contributed by atoms with Gasteiger partial charge in [-0.05, 0) is 18.4 Å². The molecule has 0 saturated carbocycles. The van der Waals surface area contributed by atoms with Crippen LogP contribution in [0.25, 0.3) is 0 Å². The van der Waals surface area contributed by atoms with Crippen molar-refractivity contribution in [1.29, 1.82) is 0 Å². The molecule has 0 aromatic heterocycles. The highest BCUT2D eigenvalue weighted by atomic mass is 32.2. The largest absolute Gasteiger partial charge is 0.547 e. The maximum Gasteiger partial charge on any atom is 0.523 e. The van der Waals surface area contributed by atoms with E-state index in [9.17, 15) is 31.5 Å². The number of benzene rings is 1. The van der Waals surface area contributed by atoms with E-state index in [0.717, 1.165) is 0 Å². The van der Waals surface area contributed by atoms with Gasteiger partial charge in [0.2, 0.25) is 0 Å². The Morgan fingerprint density at radius 3 is 2.25 bits per heavy atom. The van der Waals surface area contributed by atoms with Crippen LogP contribution in [-0.4, -0.2) is 26.0 Å². The minimum atomic E-state index is -5.97. The van der Waals surface area contributed by atoms with Crippen molar-refractivity contribution in [3.05, 3.63) is 35.9 Å². The lowest BCUT2D eigenvalue weighted by Crippen LogP contribution is -2.41. The number of aryl methyl sites for hydroxylation is 1. The molecule has 0 aliphatic carbocycles. The van der Waals surface area contributed by atoms with Crippen LogP contribution in [-0.2, 0) is 25.5 Å². The van der Waals surface area contributed by atoms with Gasteiger partial charge in [-0.25, -0.2) is 0 Å². The molecule has 1 rings (SSSR count). The van der Waals surface area contributed by atoms with Gasteiger partial charge in [-0.15, -0.1) is 0 Å². The predicted octanol–water partition coefficient (Wildman–Crippen LogP) is 0.604. The van der Waals surface area contributed by atoms with E-state index in [4.69, 9.17) is 0 Å². The van der Waals surface area contributed by atoms with Crippen molar-refractivity contribution in [3.63, 3.8) is 0 Å². The molecule has 1 aromatic rings. The Labute approximate surface area is 113 Å². The van der Waals surface area contributed by atoms with Gasteiger partial charge in [-0.3, -0.25) is 4.18 Å². The second-order valence-electron chi connectivity index (χ2n) is 3.83. The van der Waals surface area contributed by atoms with Crippen LogP contribution in [0.2, 0.25) is 0 Å². The smallest absolute Gasteiger partial charge is 0.523 e. The van der Waals surface area contributed by atoms with Gasteiger partial charge < -0.3 is 9.90 Å². The molecule has 1 atom stereocenters. The number of halogens is 3. The highest BCUT2D eigenvalue weighted by Gasteiger charge is 2.48. The molecule has 5 nitrogen and oxygen atoms in total. The normalized spacial score (nSPS) is 13.9. The molecule has 112 valence electrons. The molecule has 0 radical (unpaired) electrons. The molecule has 20 heavy (non-hydrogen) atoms. The van der Waals surface area contributed by atoms with Gasteiger partial charge in [0.1, 0.15) is 6.10 Å². The van der Waals surface area contributed by atoms with E-state index in [1.165, 1.54) is 0 Å². The highest BCUT2D eigenvalue weighted by molar-refractivity contribution is 7.87. The molecular weight excluding hydrogens is 301 g/mol. The molecule has 0 heterocycles. The van der Waals surface area contributed by atoms with Crippen molar-refractivity contribution in [3.8, 4) is 0 Å². The second-order valence-corrected chi connectivity index (χ2v) is 5.39. The van der Waals surface area contributed by atoms with Crippen molar-refractivity contribution >= 4 is 16.1 Å². The summed E-state index contributed by atoms with van der Waals surface area (Å²) in [5, 5.41) is 10.7. The van der Waals surface area contributed by atoms with E-state index in [2.05, 4.69) is 4.18 Å². The van der Waals surface area contributed by atoms with Crippen LogP contribution in [0.1, 0.15) is 12.0 Å². The first-order chi connectivity index (χ1) is 9.13. The zero-order chi connectivity index (χ0) is 15.4. The van der Waals surface area contributed by atoms with Crippen molar-refractivity contribution in [2.24, 2.45) is 0 Å². The van der Waals surface area contributed by atoms with Crippen LogP contribution < -0.4 is 5.11 Å². The molecule has 0 spiro atoms. The predicted molar refractivity (Wildman–Crippen MR) is 59.6 cm³/mol. The van der Waals surface area contributed by atoms with E-state index in [0.29, 0.717) is 5.56 Å². The number of hydrogen-bond donors (Lipinski definition) is 0. The molecular formula is C11H10F3O5S-. The first-order valence-corrected chi connectivity index (χ1v) is 6.78. The van der Waals surface area contributed by atoms with Crippen LogP contribution in [0.15, 0.2) is 30.3 Å². The Kier molecular flexibility index (Phi) is 5.12. The number of carboxylic acid groups (broad SMARTS) is 1. The molecule has 0 fully saturated rings. The van der Waals surface area contributed by atoms with Crippen LogP contribution in [0.5, 0.6) is 0 Å². The van der Waals surface area contributed by atoms with Gasteiger partial charge in [-0.2, -0.15) is 21.6 Å². The monoisotopic (exact) mass is 311 g/mol. The summed E-state index contributed by atoms with van der Waals surface area (Å²) >= 11 is 0. The number of carboxylic acids is 1. The van der Waals surface area contributed by atoms with Gasteiger partial charge in [0, 0.05) is 0 Å². The summed E-state index contributed by atoms with van der Waals surface area (Å²) in [4.78, 5) is 10.7. The summed E-state index contributed by atoms with van der Waals surface area (Å²) < 4.78 is 61.4. The van der Waals surface area contributed by atoms with E-state index >= 15 is 0 Å². The van der Waals surface area contributed by atoms with Gasteiger partial charge in [0.05, 0.1) is 5.97 Å². The third kappa shape index (κ3) is 4.49. The molecule has 0 aliphatic heterocycles. The molecule has 0 bridgehead atoms. The van der Waals surface area contributed by atoms with Gasteiger partial charge in [-0.1, -0.05) is 30.3 Å². The number of carbonyl (C=O) groups excluding carboxylic acids is 1. The molecule has 0 saturated heterocycles. The lowest BCUT2D eigenvalue weighted by molar-refractivity contribution is -0.313. The molecule has 0 aliphatic rings. The Balaban J connectivity index is 2.74. The number of aliphatic carboxylic acids is 1. The van der Waals surface area contributed by atoms with Gasteiger partial charge in [0.15, 0.2) is 0 Å². The minimum absolute atomic E-state index is 0.0346. The number of hydrogen-bond acceptors (Lipinski definition) is 5. The van der Waals surface area contributed by atoms with Gasteiger partial charge in [0.25, 0.3) is 0 Å². The molecule has 0 N–H and O–H groups in total. The zero-order valence-electron chi connectivity index (χ0n) is 9.96. The first-order valence-electron chi connectivity index (χ1n) is 5.38. The quantitative estimate of drug-likeness (QED) is 0.567. The lowest BCUT2D eigenvalue weighted by atomic mass is 10.1. The Morgan fingerprint density at radius 1 is 1.25 bits per heavy atom. The summed E-state index contributed by atoms with van der Waals surface area (Å²) in [7, 11) is -5.97. The van der Waals surface area contributed by atoms with Gasteiger partial charge >= 0.3 is 15.6 Å². The average Bonchev–Trinajstić information content (AvgIpc) is 2.34. The summed E-state index contributed by atoms with van der Waals surface area (Å²) in [6.45, 7) is 0. The average molecular weight is 311 g/mol. The Hall–Kier alpha value is -1.61. The van der Waals surface area contributed by atoms with Crippen molar-refractivity contribution < 1.29 is 35.7 Å². The van der Waals surface area contributed by atoms with E-state index in [1.54, 1.807) is 30.3 Å². The van der Waals surface area contributed by atoms with Crippen LogP contribution in [0.4, 0.5) is 13.2 Å².